The molecule has 0 unspecified atom stereocenters. The number of hydrogen-bond acceptors (Lipinski definition) is 5. The van der Waals surface area contributed by atoms with Gasteiger partial charge in [-0.05, 0) is 24.5 Å². The smallest absolute Gasteiger partial charge is 0.218 e. The van der Waals surface area contributed by atoms with E-state index in [0.29, 0.717) is 37.5 Å². The average Bonchev–Trinajstić information content (AvgIpc) is 3.28. The van der Waals surface area contributed by atoms with Crippen molar-refractivity contribution in [3.05, 3.63) is 77.3 Å². The molecule has 0 amide bonds. The van der Waals surface area contributed by atoms with Gasteiger partial charge < -0.3 is 19.9 Å². The molecule has 7 heteroatoms. The van der Waals surface area contributed by atoms with Crippen LogP contribution >= 0.6 is 0 Å². The maximum absolute atomic E-state index is 5.93. The summed E-state index contributed by atoms with van der Waals surface area (Å²) in [5.74, 6) is 2.51. The topological polar surface area (TPSA) is 84.6 Å². The van der Waals surface area contributed by atoms with E-state index in [2.05, 4.69) is 39.6 Å². The minimum Gasteiger partial charge on any atom is -0.473 e. The number of hydrogen-bond donors (Lipinski definition) is 2. The predicted octanol–water partition coefficient (Wildman–Crippen LogP) is 4.42. The summed E-state index contributed by atoms with van der Waals surface area (Å²) in [4.78, 5) is 8.67. The fourth-order valence-corrected chi connectivity index (χ4v) is 3.30. The molecule has 0 fully saturated rings. The second-order valence-corrected chi connectivity index (χ2v) is 7.25. The van der Waals surface area contributed by atoms with E-state index in [1.54, 1.807) is 13.2 Å². The fraction of sp³-hybridized carbons (Fsp3) is 0.375. The number of aromatic nitrogens is 2. The van der Waals surface area contributed by atoms with Crippen LogP contribution in [-0.4, -0.2) is 23.1 Å². The zero-order valence-corrected chi connectivity index (χ0v) is 18.5. The Morgan fingerprint density at radius 2 is 1.84 bits per heavy atom. The number of aliphatic imine (C=N–C) groups is 1. The van der Waals surface area contributed by atoms with Crippen molar-refractivity contribution in [2.75, 3.05) is 7.05 Å². The lowest BCUT2D eigenvalue weighted by Gasteiger charge is -2.13. The number of ether oxygens (including phenoxy) is 1. The summed E-state index contributed by atoms with van der Waals surface area (Å²) in [6.07, 6.45) is 3.84. The van der Waals surface area contributed by atoms with E-state index in [1.807, 2.05) is 48.5 Å². The van der Waals surface area contributed by atoms with Gasteiger partial charge in [0.1, 0.15) is 6.61 Å². The second-order valence-electron chi connectivity index (χ2n) is 7.25. The van der Waals surface area contributed by atoms with E-state index >= 15 is 0 Å². The molecule has 3 rings (SSSR count). The molecule has 3 aromatic rings. The van der Waals surface area contributed by atoms with Crippen LogP contribution in [0.2, 0.25) is 0 Å². The number of benzene rings is 1. The van der Waals surface area contributed by atoms with Crippen LogP contribution in [0.25, 0.3) is 0 Å². The van der Waals surface area contributed by atoms with Gasteiger partial charge >= 0.3 is 0 Å². The third kappa shape index (κ3) is 6.57. The molecule has 0 aliphatic rings. The molecule has 31 heavy (non-hydrogen) atoms. The minimum atomic E-state index is 0.440. The molecule has 0 aliphatic heterocycles. The van der Waals surface area contributed by atoms with Crippen LogP contribution in [0, 0.1) is 0 Å². The zero-order chi connectivity index (χ0) is 21.9. The normalized spacial score (nSPS) is 11.5. The highest BCUT2D eigenvalue weighted by Gasteiger charge is 2.13. The molecule has 2 aromatic heterocycles. The molecule has 0 aliphatic carbocycles. The average molecular weight is 422 g/mol. The lowest BCUT2D eigenvalue weighted by atomic mass is 9.99. The van der Waals surface area contributed by atoms with E-state index in [0.717, 1.165) is 35.4 Å². The molecular formula is C24H31N5O2. The van der Waals surface area contributed by atoms with Crippen molar-refractivity contribution < 1.29 is 9.26 Å². The van der Waals surface area contributed by atoms with E-state index in [-0.39, 0.29) is 0 Å². The largest absolute Gasteiger partial charge is 0.473 e. The van der Waals surface area contributed by atoms with E-state index in [4.69, 9.17) is 9.26 Å². The molecule has 0 atom stereocenters. The van der Waals surface area contributed by atoms with Gasteiger partial charge in [0, 0.05) is 37.3 Å². The van der Waals surface area contributed by atoms with E-state index in [9.17, 15) is 0 Å². The van der Waals surface area contributed by atoms with Crippen molar-refractivity contribution in [3.63, 3.8) is 0 Å². The van der Waals surface area contributed by atoms with Crippen molar-refractivity contribution in [1.82, 2.24) is 20.8 Å². The Hall–Kier alpha value is -3.35. The van der Waals surface area contributed by atoms with Crippen LogP contribution in [0.15, 0.2) is 64.2 Å². The first-order valence-corrected chi connectivity index (χ1v) is 10.7. The van der Waals surface area contributed by atoms with Gasteiger partial charge in [-0.25, -0.2) is 4.98 Å². The highest BCUT2D eigenvalue weighted by Crippen LogP contribution is 2.22. The summed E-state index contributed by atoms with van der Waals surface area (Å²) < 4.78 is 11.4. The van der Waals surface area contributed by atoms with Crippen molar-refractivity contribution >= 4 is 5.96 Å². The summed E-state index contributed by atoms with van der Waals surface area (Å²) in [5.41, 5.74) is 3.07. The van der Waals surface area contributed by atoms with Crippen LogP contribution in [0.4, 0.5) is 0 Å². The van der Waals surface area contributed by atoms with Gasteiger partial charge in [0.25, 0.3) is 0 Å². The lowest BCUT2D eigenvalue weighted by molar-refractivity contribution is 0.290. The van der Waals surface area contributed by atoms with Crippen molar-refractivity contribution in [2.24, 2.45) is 4.99 Å². The monoisotopic (exact) mass is 421 g/mol. The highest BCUT2D eigenvalue weighted by atomic mass is 16.5. The van der Waals surface area contributed by atoms with Crippen LogP contribution in [0.5, 0.6) is 5.88 Å². The van der Waals surface area contributed by atoms with Gasteiger partial charge in [-0.15, -0.1) is 0 Å². The van der Waals surface area contributed by atoms with Crippen LogP contribution in [0.1, 0.15) is 55.2 Å². The molecule has 0 saturated carbocycles. The molecule has 2 heterocycles. The lowest BCUT2D eigenvalue weighted by Crippen LogP contribution is -2.36. The van der Waals surface area contributed by atoms with E-state index in [1.165, 1.54) is 0 Å². The third-order valence-corrected chi connectivity index (χ3v) is 5.15. The summed E-state index contributed by atoms with van der Waals surface area (Å²) in [6.45, 7) is 5.86. The molecule has 0 radical (unpaired) electrons. The minimum absolute atomic E-state index is 0.440. The Balaban J connectivity index is 1.53. The van der Waals surface area contributed by atoms with Crippen LogP contribution in [-0.2, 0) is 19.7 Å². The molecule has 1 aromatic carbocycles. The van der Waals surface area contributed by atoms with Crippen molar-refractivity contribution in [2.45, 2.75) is 52.3 Å². The summed E-state index contributed by atoms with van der Waals surface area (Å²) in [5, 5.41) is 10.8. The molecule has 0 bridgehead atoms. The Labute approximate surface area is 183 Å². The molecule has 0 spiro atoms. The van der Waals surface area contributed by atoms with Gasteiger partial charge in [-0.2, -0.15) is 0 Å². The summed E-state index contributed by atoms with van der Waals surface area (Å²) in [6, 6.07) is 16.0. The third-order valence-electron chi connectivity index (χ3n) is 5.15. The van der Waals surface area contributed by atoms with Crippen molar-refractivity contribution in [1.29, 1.82) is 0 Å². The highest BCUT2D eigenvalue weighted by molar-refractivity contribution is 5.79. The number of pyridine rings is 1. The summed E-state index contributed by atoms with van der Waals surface area (Å²) in [7, 11) is 1.74. The first-order chi connectivity index (χ1) is 15.2. The SMILES string of the molecule is CCC(CC)c1cc(CNC(=NC)NCc2cccnc2OCc2ccccc2)on1. The number of guanidine groups is 1. The zero-order valence-electron chi connectivity index (χ0n) is 18.5. The molecular weight excluding hydrogens is 390 g/mol. The fourth-order valence-electron chi connectivity index (χ4n) is 3.30. The van der Waals surface area contributed by atoms with Crippen LogP contribution < -0.4 is 15.4 Å². The Bertz CT molecular complexity index is 951. The first kappa shape index (κ1) is 22.3. The maximum Gasteiger partial charge on any atom is 0.218 e. The Morgan fingerprint density at radius 3 is 2.58 bits per heavy atom. The first-order valence-electron chi connectivity index (χ1n) is 10.7. The summed E-state index contributed by atoms with van der Waals surface area (Å²) >= 11 is 0. The standard InChI is InChI=1S/C24H31N5O2/c1-4-19(5-2)22-14-21(31-29-22)16-28-24(25-3)27-15-20-12-9-13-26-23(20)30-17-18-10-7-6-8-11-18/h6-14,19H,4-5,15-17H2,1-3H3,(H2,25,27,28). The number of nitrogens with zero attached hydrogens (tertiary/aromatic N) is 3. The molecule has 0 saturated heterocycles. The molecule has 7 nitrogen and oxygen atoms in total. The van der Waals surface area contributed by atoms with Gasteiger partial charge in [0.15, 0.2) is 11.7 Å². The maximum atomic E-state index is 5.93. The van der Waals surface area contributed by atoms with Gasteiger partial charge in [-0.1, -0.05) is 55.4 Å². The Morgan fingerprint density at radius 1 is 1.06 bits per heavy atom. The number of nitrogens with one attached hydrogen (secondary N) is 2. The van der Waals surface area contributed by atoms with Gasteiger partial charge in [0.05, 0.1) is 12.2 Å². The quantitative estimate of drug-likeness (QED) is 0.372. The molecule has 164 valence electrons. The van der Waals surface area contributed by atoms with Crippen molar-refractivity contribution in [3.8, 4) is 5.88 Å². The molecule has 2 N–H and O–H groups in total. The van der Waals surface area contributed by atoms with Gasteiger partial charge in [0.2, 0.25) is 5.88 Å². The van der Waals surface area contributed by atoms with Crippen LogP contribution in [0.3, 0.4) is 0 Å². The van der Waals surface area contributed by atoms with Gasteiger partial charge in [-0.3, -0.25) is 4.99 Å². The number of rotatable bonds is 10. The second kappa shape index (κ2) is 11.7. The predicted molar refractivity (Wildman–Crippen MR) is 122 cm³/mol. The Kier molecular flexibility index (Phi) is 8.46. The van der Waals surface area contributed by atoms with E-state index < -0.39 is 0 Å².